The first-order chi connectivity index (χ1) is 12.0. The smallest absolute Gasteiger partial charge is 0.335 e. The third-order valence-corrected chi connectivity index (χ3v) is 3.61. The number of carbonyl (C=O) groups is 2. The van der Waals surface area contributed by atoms with Crippen molar-refractivity contribution in [3.8, 4) is 0 Å². The summed E-state index contributed by atoms with van der Waals surface area (Å²) in [5.41, 5.74) is 3.01. The zero-order chi connectivity index (χ0) is 17.8. The Labute approximate surface area is 167 Å². The molecule has 1 aromatic carbocycles. The Balaban J connectivity index is 0.00000182. The lowest BCUT2D eigenvalue weighted by Gasteiger charge is -2.12. The predicted molar refractivity (Wildman–Crippen MR) is 107 cm³/mol. The van der Waals surface area contributed by atoms with E-state index < -0.39 is 11.9 Å². The number of nitrogens with zero attached hydrogens (tertiary/aromatic N) is 1. The van der Waals surface area contributed by atoms with E-state index in [1.165, 1.54) is 12.1 Å². The quantitative estimate of drug-likeness (QED) is 0.712. The van der Waals surface area contributed by atoms with Crippen LogP contribution in [-0.4, -0.2) is 27.1 Å². The zero-order valence-electron chi connectivity index (χ0n) is 13.8. The molecule has 27 heavy (non-hydrogen) atoms. The molecule has 1 aromatic heterocycles. The minimum atomic E-state index is -1.17. The van der Waals surface area contributed by atoms with E-state index >= 15 is 0 Å². The van der Waals surface area contributed by atoms with Gasteiger partial charge in [-0.1, -0.05) is 0 Å². The molecule has 0 bridgehead atoms. The normalized spacial score (nSPS) is 13.6. The molecule has 2 heterocycles. The number of pyridine rings is 1. The van der Waals surface area contributed by atoms with Gasteiger partial charge in [-0.3, -0.25) is 4.98 Å². The highest BCUT2D eigenvalue weighted by atomic mass is 35.5. The van der Waals surface area contributed by atoms with Gasteiger partial charge in [-0.15, -0.1) is 24.8 Å². The van der Waals surface area contributed by atoms with E-state index in [4.69, 9.17) is 10.2 Å². The van der Waals surface area contributed by atoms with Crippen molar-refractivity contribution < 1.29 is 19.8 Å². The molecule has 0 spiro atoms. The van der Waals surface area contributed by atoms with Crippen LogP contribution in [0.5, 0.6) is 0 Å². The Bertz CT molecular complexity index is 906. The number of nitrogens with one attached hydrogen (secondary N) is 1. The van der Waals surface area contributed by atoms with Crippen LogP contribution in [0.1, 0.15) is 31.8 Å². The number of aromatic carboxylic acids is 2. The zero-order valence-corrected chi connectivity index (χ0v) is 15.5. The number of hydrogen-bond acceptors (Lipinski definition) is 4. The Morgan fingerprint density at radius 3 is 2.11 bits per heavy atom. The third kappa shape index (κ3) is 5.44. The highest BCUT2D eigenvalue weighted by Gasteiger charge is 2.11. The molecule has 2 aromatic rings. The summed E-state index contributed by atoms with van der Waals surface area (Å²) in [4.78, 5) is 26.4. The average Bonchev–Trinajstić information content (AvgIpc) is 2.62. The number of dihydropyridines is 1. The molecule has 1 aliphatic rings. The monoisotopic (exact) mass is 406 g/mol. The van der Waals surface area contributed by atoms with Crippen LogP contribution in [-0.2, 0) is 0 Å². The lowest BCUT2D eigenvalue weighted by atomic mass is 10.0. The highest BCUT2D eigenvalue weighted by molar-refractivity contribution is 5.95. The van der Waals surface area contributed by atoms with Crippen molar-refractivity contribution in [3.05, 3.63) is 89.0 Å². The fourth-order valence-corrected chi connectivity index (χ4v) is 2.45. The number of carboxylic acids is 2. The lowest BCUT2D eigenvalue weighted by molar-refractivity contribution is 0.0696. The molecule has 3 rings (SSSR count). The van der Waals surface area contributed by atoms with Crippen molar-refractivity contribution in [1.82, 2.24) is 10.3 Å². The maximum absolute atomic E-state index is 11.2. The van der Waals surface area contributed by atoms with Crippen LogP contribution >= 0.6 is 24.8 Å². The molecule has 0 amide bonds. The van der Waals surface area contributed by atoms with E-state index in [-0.39, 0.29) is 35.9 Å². The molecule has 0 saturated carbocycles. The minimum absolute atomic E-state index is 0. The molecular weight excluding hydrogens is 391 g/mol. The predicted octanol–water partition coefficient (Wildman–Crippen LogP) is 3.86. The SMILES string of the molecule is Cl.Cl.O=C(O)c1cc(C=C2C=C(c3ccncc3)C=CN2)cc(C(=O)O)c1. The van der Waals surface area contributed by atoms with E-state index in [0.29, 0.717) is 11.3 Å². The second kappa shape index (κ2) is 9.56. The maximum atomic E-state index is 11.2. The van der Waals surface area contributed by atoms with Gasteiger partial charge >= 0.3 is 11.9 Å². The molecule has 1 aliphatic heterocycles. The summed E-state index contributed by atoms with van der Waals surface area (Å²) in [6.45, 7) is 0. The molecule has 8 heteroatoms. The first-order valence-corrected chi connectivity index (χ1v) is 7.41. The van der Waals surface area contributed by atoms with Crippen molar-refractivity contribution in [2.24, 2.45) is 0 Å². The van der Waals surface area contributed by atoms with Gasteiger partial charge in [0.2, 0.25) is 0 Å². The molecule has 0 unspecified atom stereocenters. The number of allylic oxidation sites excluding steroid dienone is 3. The maximum Gasteiger partial charge on any atom is 0.335 e. The number of aromatic nitrogens is 1. The van der Waals surface area contributed by atoms with Gasteiger partial charge in [-0.2, -0.15) is 0 Å². The van der Waals surface area contributed by atoms with E-state index in [1.54, 1.807) is 24.7 Å². The van der Waals surface area contributed by atoms with Gasteiger partial charge in [-0.25, -0.2) is 9.59 Å². The lowest BCUT2D eigenvalue weighted by Crippen LogP contribution is -2.07. The average molecular weight is 407 g/mol. The molecule has 0 aliphatic carbocycles. The van der Waals surface area contributed by atoms with E-state index in [2.05, 4.69) is 10.3 Å². The van der Waals surface area contributed by atoms with Gasteiger partial charge in [0.05, 0.1) is 11.1 Å². The number of halogens is 2. The van der Waals surface area contributed by atoms with Crippen molar-refractivity contribution >= 4 is 48.4 Å². The van der Waals surface area contributed by atoms with Gasteiger partial charge in [-0.05, 0) is 65.3 Å². The largest absolute Gasteiger partial charge is 0.478 e. The summed E-state index contributed by atoms with van der Waals surface area (Å²) in [7, 11) is 0. The molecule has 0 saturated heterocycles. The van der Waals surface area contributed by atoms with Gasteiger partial charge in [0.1, 0.15) is 0 Å². The van der Waals surface area contributed by atoms with Crippen molar-refractivity contribution in [2.45, 2.75) is 0 Å². The summed E-state index contributed by atoms with van der Waals surface area (Å²) >= 11 is 0. The van der Waals surface area contributed by atoms with Crippen LogP contribution in [0, 0.1) is 0 Å². The van der Waals surface area contributed by atoms with Crippen LogP contribution < -0.4 is 5.32 Å². The molecule has 0 fully saturated rings. The molecule has 6 nitrogen and oxygen atoms in total. The van der Waals surface area contributed by atoms with Crippen molar-refractivity contribution in [3.63, 3.8) is 0 Å². The number of carboxylic acid groups (broad SMARTS) is 2. The molecule has 0 radical (unpaired) electrons. The third-order valence-electron chi connectivity index (χ3n) is 3.61. The fourth-order valence-electron chi connectivity index (χ4n) is 2.45. The highest BCUT2D eigenvalue weighted by Crippen LogP contribution is 2.21. The van der Waals surface area contributed by atoms with Crippen LogP contribution in [0.25, 0.3) is 11.6 Å². The summed E-state index contributed by atoms with van der Waals surface area (Å²) in [6.07, 6.45) is 10.7. The van der Waals surface area contributed by atoms with Gasteiger partial charge in [0, 0.05) is 24.3 Å². The second-order valence-corrected chi connectivity index (χ2v) is 5.37. The molecule has 3 N–H and O–H groups in total. The topological polar surface area (TPSA) is 99.5 Å². The van der Waals surface area contributed by atoms with Gasteiger partial charge < -0.3 is 15.5 Å². The summed E-state index contributed by atoms with van der Waals surface area (Å²) in [6, 6.07) is 7.77. The van der Waals surface area contributed by atoms with Crippen LogP contribution in [0.4, 0.5) is 0 Å². The van der Waals surface area contributed by atoms with Crippen molar-refractivity contribution in [2.75, 3.05) is 0 Å². The summed E-state index contributed by atoms with van der Waals surface area (Å²) in [5, 5.41) is 21.4. The number of rotatable bonds is 4. The van der Waals surface area contributed by atoms with E-state index in [9.17, 15) is 9.59 Å². The minimum Gasteiger partial charge on any atom is -0.478 e. The first-order valence-electron chi connectivity index (χ1n) is 7.41. The molecule has 0 atom stereocenters. The van der Waals surface area contributed by atoms with Gasteiger partial charge in [0.15, 0.2) is 0 Å². The summed E-state index contributed by atoms with van der Waals surface area (Å²) < 4.78 is 0. The Morgan fingerprint density at radius 1 is 0.963 bits per heavy atom. The molecular formula is C19H16Cl2N2O4. The van der Waals surface area contributed by atoms with Crippen LogP contribution in [0.2, 0.25) is 0 Å². The molecule has 140 valence electrons. The Kier molecular flexibility index (Phi) is 7.78. The van der Waals surface area contributed by atoms with E-state index in [1.807, 2.05) is 24.3 Å². The Hall–Kier alpha value is -3.09. The number of benzene rings is 1. The second-order valence-electron chi connectivity index (χ2n) is 5.37. The summed E-state index contributed by atoms with van der Waals surface area (Å²) in [5.74, 6) is -2.35. The van der Waals surface area contributed by atoms with Crippen LogP contribution in [0.3, 0.4) is 0 Å². The first kappa shape index (κ1) is 22.0. The Morgan fingerprint density at radius 2 is 1.56 bits per heavy atom. The van der Waals surface area contributed by atoms with E-state index in [0.717, 1.165) is 17.2 Å². The van der Waals surface area contributed by atoms with Crippen molar-refractivity contribution in [1.29, 1.82) is 0 Å². The fraction of sp³-hybridized carbons (Fsp3) is 0. The standard InChI is InChI=1S/C19H14N2O4.2ClH/c22-18(23)15-7-12(8-16(10-15)19(24)25)9-17-11-14(3-6-21-17)13-1-4-20-5-2-13;;/h1-11,21H,(H,22,23)(H,24,25);2*1H. The number of hydrogen-bond donors (Lipinski definition) is 3. The van der Waals surface area contributed by atoms with Gasteiger partial charge in [0.25, 0.3) is 0 Å². The van der Waals surface area contributed by atoms with Crippen LogP contribution in [0.15, 0.2) is 66.8 Å².